The fourth-order valence-corrected chi connectivity index (χ4v) is 2.79. The van der Waals surface area contributed by atoms with Crippen molar-refractivity contribution in [2.45, 2.75) is 32.2 Å². The van der Waals surface area contributed by atoms with Crippen LogP contribution in [0.1, 0.15) is 24.5 Å². The maximum absolute atomic E-state index is 5.37. The molecule has 0 aromatic heterocycles. The fourth-order valence-electron chi connectivity index (χ4n) is 2.49. The molecule has 0 radical (unpaired) electrons. The first-order valence-electron chi connectivity index (χ1n) is 8.38. The van der Waals surface area contributed by atoms with Gasteiger partial charge in [-0.2, -0.15) is 0 Å². The van der Waals surface area contributed by atoms with Gasteiger partial charge in [-0.3, -0.25) is 0 Å². The number of methoxy groups -OCH3 is 1. The zero-order chi connectivity index (χ0) is 17.2. The van der Waals surface area contributed by atoms with Gasteiger partial charge in [0, 0.05) is 12.6 Å². The van der Waals surface area contributed by atoms with Crippen LogP contribution in [0.3, 0.4) is 0 Å². The topological polar surface area (TPSA) is 33.3 Å². The van der Waals surface area contributed by atoms with Crippen molar-refractivity contribution < 1.29 is 4.74 Å². The first-order chi connectivity index (χ1) is 11.7. The lowest BCUT2D eigenvalue weighted by Gasteiger charge is -2.17. The molecule has 2 aromatic rings. The lowest BCUT2D eigenvalue weighted by Crippen LogP contribution is -2.41. The number of thiocarbonyl (C=S) groups is 1. The van der Waals surface area contributed by atoms with Crippen LogP contribution in [-0.4, -0.2) is 24.8 Å². The van der Waals surface area contributed by atoms with E-state index in [9.17, 15) is 0 Å². The van der Waals surface area contributed by atoms with E-state index >= 15 is 0 Å². The third-order valence-electron chi connectivity index (χ3n) is 3.94. The van der Waals surface area contributed by atoms with E-state index in [1.165, 1.54) is 11.1 Å². The van der Waals surface area contributed by atoms with Gasteiger partial charge in [-0.15, -0.1) is 0 Å². The van der Waals surface area contributed by atoms with Crippen LogP contribution in [-0.2, 0) is 12.8 Å². The van der Waals surface area contributed by atoms with Crippen molar-refractivity contribution in [3.63, 3.8) is 0 Å². The largest absolute Gasteiger partial charge is 0.497 e. The molecule has 2 rings (SSSR count). The van der Waals surface area contributed by atoms with Gasteiger partial charge in [0.15, 0.2) is 5.11 Å². The molecule has 24 heavy (non-hydrogen) atoms. The van der Waals surface area contributed by atoms with Gasteiger partial charge in [0.2, 0.25) is 0 Å². The van der Waals surface area contributed by atoms with Crippen molar-refractivity contribution >= 4 is 17.3 Å². The molecule has 0 heterocycles. The highest BCUT2D eigenvalue weighted by Gasteiger charge is 2.04. The highest BCUT2D eigenvalue weighted by Crippen LogP contribution is 2.11. The Morgan fingerprint density at radius 2 is 1.67 bits per heavy atom. The summed E-state index contributed by atoms with van der Waals surface area (Å²) in [4.78, 5) is 0. The Bertz CT molecular complexity index is 613. The van der Waals surface area contributed by atoms with Crippen LogP contribution in [0.15, 0.2) is 54.6 Å². The van der Waals surface area contributed by atoms with Crippen molar-refractivity contribution in [3.05, 3.63) is 65.7 Å². The second-order valence-corrected chi connectivity index (χ2v) is 6.33. The molecule has 0 amide bonds. The van der Waals surface area contributed by atoms with Gasteiger partial charge in [-0.1, -0.05) is 42.5 Å². The number of ether oxygens (including phenoxy) is 1. The number of rotatable bonds is 8. The molecule has 0 fully saturated rings. The lowest BCUT2D eigenvalue weighted by molar-refractivity contribution is 0.414. The Hall–Kier alpha value is -2.07. The molecule has 4 heteroatoms. The average Bonchev–Trinajstić information content (AvgIpc) is 2.61. The molecule has 2 N–H and O–H groups in total. The monoisotopic (exact) mass is 342 g/mol. The molecular formula is C20H26N2OS. The summed E-state index contributed by atoms with van der Waals surface area (Å²) in [7, 11) is 1.68. The zero-order valence-electron chi connectivity index (χ0n) is 14.4. The second-order valence-electron chi connectivity index (χ2n) is 5.92. The summed E-state index contributed by atoms with van der Waals surface area (Å²) in [5, 5.41) is 7.36. The van der Waals surface area contributed by atoms with E-state index in [4.69, 9.17) is 17.0 Å². The molecular weight excluding hydrogens is 316 g/mol. The quantitative estimate of drug-likeness (QED) is 0.716. The Labute approximate surface area is 150 Å². The highest BCUT2D eigenvalue weighted by molar-refractivity contribution is 7.80. The van der Waals surface area contributed by atoms with E-state index in [2.05, 4.69) is 54.0 Å². The van der Waals surface area contributed by atoms with E-state index in [1.807, 2.05) is 18.2 Å². The molecule has 2 aromatic carbocycles. The van der Waals surface area contributed by atoms with E-state index in [-0.39, 0.29) is 0 Å². The van der Waals surface area contributed by atoms with Crippen molar-refractivity contribution in [2.24, 2.45) is 0 Å². The SMILES string of the molecule is COc1ccc(CCNC(=S)N[C@H](C)CCc2ccccc2)cc1. The molecule has 0 aliphatic carbocycles. The van der Waals surface area contributed by atoms with Crippen LogP contribution in [0.25, 0.3) is 0 Å². The molecule has 0 aliphatic heterocycles. The van der Waals surface area contributed by atoms with Gasteiger partial charge in [0.25, 0.3) is 0 Å². The number of aryl methyl sites for hydroxylation is 1. The van der Waals surface area contributed by atoms with Gasteiger partial charge in [-0.25, -0.2) is 0 Å². The van der Waals surface area contributed by atoms with Gasteiger partial charge in [0.05, 0.1) is 7.11 Å². The molecule has 0 aliphatic rings. The average molecular weight is 343 g/mol. The van der Waals surface area contributed by atoms with Crippen LogP contribution in [0.2, 0.25) is 0 Å². The predicted molar refractivity (Wildman–Crippen MR) is 105 cm³/mol. The molecule has 0 bridgehead atoms. The first-order valence-corrected chi connectivity index (χ1v) is 8.79. The molecule has 0 unspecified atom stereocenters. The first kappa shape index (κ1) is 18.3. The minimum absolute atomic E-state index is 0.353. The zero-order valence-corrected chi connectivity index (χ0v) is 15.2. The summed E-state index contributed by atoms with van der Waals surface area (Å²) in [5.74, 6) is 0.885. The van der Waals surface area contributed by atoms with Crippen molar-refractivity contribution in [1.82, 2.24) is 10.6 Å². The Kier molecular flexibility index (Phi) is 7.56. The molecule has 1 atom stereocenters. The normalized spacial score (nSPS) is 11.6. The summed E-state index contributed by atoms with van der Waals surface area (Å²) in [6, 6.07) is 19.0. The maximum Gasteiger partial charge on any atom is 0.166 e. The minimum Gasteiger partial charge on any atom is -0.497 e. The summed E-state index contributed by atoms with van der Waals surface area (Å²) >= 11 is 5.37. The Morgan fingerprint density at radius 3 is 2.33 bits per heavy atom. The van der Waals surface area contributed by atoms with Crippen molar-refractivity contribution in [1.29, 1.82) is 0 Å². The summed E-state index contributed by atoms with van der Waals surface area (Å²) in [6.07, 6.45) is 3.05. The third-order valence-corrected chi connectivity index (χ3v) is 4.21. The van der Waals surface area contributed by atoms with Crippen molar-refractivity contribution in [2.75, 3.05) is 13.7 Å². The predicted octanol–water partition coefficient (Wildman–Crippen LogP) is 3.72. The van der Waals surface area contributed by atoms with Crippen LogP contribution in [0.4, 0.5) is 0 Å². The summed E-state index contributed by atoms with van der Waals surface area (Å²) in [5.41, 5.74) is 2.63. The minimum atomic E-state index is 0.353. The Balaban J connectivity index is 1.63. The van der Waals surface area contributed by atoms with E-state index < -0.39 is 0 Å². The third kappa shape index (κ3) is 6.59. The van der Waals surface area contributed by atoms with E-state index in [0.29, 0.717) is 6.04 Å². The van der Waals surface area contributed by atoms with E-state index in [1.54, 1.807) is 7.11 Å². The van der Waals surface area contributed by atoms with Crippen LogP contribution < -0.4 is 15.4 Å². The fraction of sp³-hybridized carbons (Fsp3) is 0.350. The van der Waals surface area contributed by atoms with Crippen molar-refractivity contribution in [3.8, 4) is 5.75 Å². The molecule has 128 valence electrons. The van der Waals surface area contributed by atoms with Crippen LogP contribution in [0, 0.1) is 0 Å². The Morgan fingerprint density at radius 1 is 1.00 bits per heavy atom. The van der Waals surface area contributed by atoms with Gasteiger partial charge in [-0.05, 0) is 61.7 Å². The van der Waals surface area contributed by atoms with Crippen LogP contribution in [0.5, 0.6) is 5.75 Å². The van der Waals surface area contributed by atoms with Gasteiger partial charge < -0.3 is 15.4 Å². The summed E-state index contributed by atoms with van der Waals surface area (Å²) in [6.45, 7) is 2.99. The number of hydrogen-bond acceptors (Lipinski definition) is 2. The van der Waals surface area contributed by atoms with Gasteiger partial charge >= 0.3 is 0 Å². The number of benzene rings is 2. The highest BCUT2D eigenvalue weighted by atomic mass is 32.1. The lowest BCUT2D eigenvalue weighted by atomic mass is 10.1. The van der Waals surface area contributed by atoms with Gasteiger partial charge in [0.1, 0.15) is 5.75 Å². The smallest absolute Gasteiger partial charge is 0.166 e. The molecule has 0 saturated heterocycles. The second kappa shape index (κ2) is 9.93. The summed E-state index contributed by atoms with van der Waals surface area (Å²) < 4.78 is 5.16. The number of hydrogen-bond donors (Lipinski definition) is 2. The molecule has 3 nitrogen and oxygen atoms in total. The standard InChI is InChI=1S/C20H26N2OS/c1-16(8-9-17-6-4-3-5-7-17)22-20(24)21-15-14-18-10-12-19(23-2)13-11-18/h3-7,10-13,16H,8-9,14-15H2,1-2H3,(H2,21,22,24)/t16-/m1/s1. The molecule has 0 saturated carbocycles. The number of nitrogens with one attached hydrogen (secondary N) is 2. The van der Waals surface area contributed by atoms with E-state index in [0.717, 1.165) is 36.7 Å². The molecule has 0 spiro atoms. The maximum atomic E-state index is 5.37. The van der Waals surface area contributed by atoms with Crippen LogP contribution >= 0.6 is 12.2 Å².